The summed E-state index contributed by atoms with van der Waals surface area (Å²) in [6.45, 7) is 6.27. The molecule has 0 bridgehead atoms. The van der Waals surface area contributed by atoms with Gasteiger partial charge in [-0.3, -0.25) is 4.99 Å². The summed E-state index contributed by atoms with van der Waals surface area (Å²) in [4.78, 5) is 15.8. The number of hydrogen-bond acceptors (Lipinski definition) is 4. The molecule has 0 aliphatic heterocycles. The molecule has 112 valence electrons. The Morgan fingerprint density at radius 3 is 2.71 bits per heavy atom. The molecule has 0 amide bonds. The lowest BCUT2D eigenvalue weighted by Crippen LogP contribution is -2.26. The van der Waals surface area contributed by atoms with E-state index in [1.54, 1.807) is 0 Å². The second kappa shape index (κ2) is 7.85. The molecule has 0 unspecified atom stereocenters. The lowest BCUT2D eigenvalue weighted by atomic mass is 10.3. The van der Waals surface area contributed by atoms with E-state index in [0.29, 0.717) is 5.70 Å². The molecule has 2 N–H and O–H groups in total. The number of nitrogens with two attached hydrogens (primary N) is 1. The third kappa shape index (κ3) is 4.18. The molecule has 0 aromatic carbocycles. The predicted molar refractivity (Wildman–Crippen MR) is 77.9 cm³/mol. The Kier molecular flexibility index (Phi) is 6.15. The summed E-state index contributed by atoms with van der Waals surface area (Å²) < 4.78 is 27.1. The van der Waals surface area contributed by atoms with Gasteiger partial charge in [-0.05, 0) is 12.2 Å². The Labute approximate surface area is 119 Å². The van der Waals surface area contributed by atoms with Gasteiger partial charge < -0.3 is 5.73 Å². The summed E-state index contributed by atoms with van der Waals surface area (Å²) in [5, 5.41) is 3.77. The van der Waals surface area contributed by atoms with Crippen LogP contribution in [0.5, 0.6) is 0 Å². The number of nitrogens with zero attached hydrogens (tertiary/aromatic N) is 4. The number of allylic oxidation sites excluding steroid dienone is 3. The van der Waals surface area contributed by atoms with Crippen LogP contribution < -0.4 is 11.4 Å². The minimum absolute atomic E-state index is 0.347. The fourth-order valence-corrected chi connectivity index (χ4v) is 1.43. The van der Waals surface area contributed by atoms with E-state index in [4.69, 9.17) is 5.73 Å². The van der Waals surface area contributed by atoms with Gasteiger partial charge in [0.1, 0.15) is 6.33 Å². The van der Waals surface area contributed by atoms with Gasteiger partial charge in [0.15, 0.2) is 0 Å². The summed E-state index contributed by atoms with van der Waals surface area (Å²) in [5.41, 5.74) is 4.67. The Hall–Kier alpha value is -2.61. The van der Waals surface area contributed by atoms with E-state index in [2.05, 4.69) is 23.2 Å². The van der Waals surface area contributed by atoms with Gasteiger partial charge in [0, 0.05) is 24.5 Å². The maximum atomic E-state index is 12.5. The van der Waals surface area contributed by atoms with Crippen molar-refractivity contribution in [3.63, 3.8) is 0 Å². The zero-order valence-electron chi connectivity index (χ0n) is 11.2. The van der Waals surface area contributed by atoms with Gasteiger partial charge in [-0.25, -0.2) is 14.0 Å². The quantitative estimate of drug-likeness (QED) is 0.610. The lowest BCUT2D eigenvalue weighted by molar-refractivity contribution is 0.400. The zero-order valence-corrected chi connectivity index (χ0v) is 11.2. The first-order valence-electron chi connectivity index (χ1n) is 5.89. The van der Waals surface area contributed by atoms with E-state index in [-0.39, 0.29) is 18.7 Å². The second-order valence-electron chi connectivity index (χ2n) is 3.79. The zero-order chi connectivity index (χ0) is 15.8. The van der Waals surface area contributed by atoms with Gasteiger partial charge in [-0.1, -0.05) is 13.2 Å². The molecule has 0 saturated heterocycles. The van der Waals surface area contributed by atoms with E-state index in [0.717, 1.165) is 9.25 Å². The summed E-state index contributed by atoms with van der Waals surface area (Å²) in [6.07, 6.45) is 4.97. The van der Waals surface area contributed by atoms with Gasteiger partial charge in [-0.15, -0.1) is 0 Å². The average molecular weight is 295 g/mol. The predicted octanol–water partition coefficient (Wildman–Crippen LogP) is 1.40. The van der Waals surface area contributed by atoms with E-state index in [9.17, 15) is 13.6 Å². The van der Waals surface area contributed by atoms with Gasteiger partial charge in [0.2, 0.25) is 0 Å². The maximum Gasteiger partial charge on any atom is 0.350 e. The molecular weight excluding hydrogens is 280 g/mol. The van der Waals surface area contributed by atoms with Crippen molar-refractivity contribution in [2.75, 3.05) is 6.54 Å². The van der Waals surface area contributed by atoms with Crippen LogP contribution in [0.15, 0.2) is 59.3 Å². The highest BCUT2D eigenvalue weighted by molar-refractivity contribution is 5.82. The Bertz CT molecular complexity index is 662. The Balaban J connectivity index is 3.15. The minimum atomic E-state index is -1.91. The molecule has 8 heteroatoms. The first-order valence-corrected chi connectivity index (χ1v) is 5.89. The highest BCUT2D eigenvalue weighted by Gasteiger charge is 2.11. The fourth-order valence-electron chi connectivity index (χ4n) is 1.43. The molecule has 0 atom stereocenters. The topological polar surface area (TPSA) is 78.2 Å². The maximum absolute atomic E-state index is 12.5. The number of aliphatic imine (C=N–C) groups is 1. The van der Waals surface area contributed by atoms with Crippen LogP contribution in [0.3, 0.4) is 0 Å². The van der Waals surface area contributed by atoms with Crippen molar-refractivity contribution in [1.82, 2.24) is 14.3 Å². The van der Waals surface area contributed by atoms with Crippen molar-refractivity contribution in [3.05, 3.63) is 60.0 Å². The van der Waals surface area contributed by atoms with Crippen LogP contribution in [0.4, 0.5) is 8.78 Å². The molecule has 0 spiro atoms. The fraction of sp³-hybridized carbons (Fsp3) is 0.154. The molecule has 1 aromatic rings. The molecule has 21 heavy (non-hydrogen) atoms. The molecule has 1 rings (SSSR count). The third-order valence-electron chi connectivity index (χ3n) is 2.51. The molecule has 1 aromatic heterocycles. The minimum Gasteiger partial charge on any atom is -0.327 e. The number of halogens is 2. The normalized spacial score (nSPS) is 11.7. The largest absolute Gasteiger partial charge is 0.350 e. The monoisotopic (exact) mass is 295 g/mol. The van der Waals surface area contributed by atoms with Gasteiger partial charge in [0.05, 0.1) is 12.2 Å². The smallest absolute Gasteiger partial charge is 0.327 e. The molecular formula is C13H15F2N5O. The third-order valence-corrected chi connectivity index (χ3v) is 2.51. The van der Waals surface area contributed by atoms with Crippen molar-refractivity contribution in [2.24, 2.45) is 10.7 Å². The SMILES string of the molecule is C=C/N=C\C=C(/C=C)n1cnn(CC(CN)=C(F)F)c1=O. The van der Waals surface area contributed by atoms with Crippen molar-refractivity contribution in [2.45, 2.75) is 6.54 Å². The van der Waals surface area contributed by atoms with Crippen LogP contribution in [-0.4, -0.2) is 27.1 Å². The molecule has 0 radical (unpaired) electrons. The van der Waals surface area contributed by atoms with E-state index in [1.807, 2.05) is 0 Å². The average Bonchev–Trinajstić information content (AvgIpc) is 2.82. The highest BCUT2D eigenvalue weighted by atomic mass is 19.3. The van der Waals surface area contributed by atoms with Crippen molar-refractivity contribution >= 4 is 11.9 Å². The van der Waals surface area contributed by atoms with Crippen LogP contribution in [0.1, 0.15) is 0 Å². The summed E-state index contributed by atoms with van der Waals surface area (Å²) in [5.74, 6) is 0. The molecule has 0 fully saturated rings. The Morgan fingerprint density at radius 2 is 2.19 bits per heavy atom. The highest BCUT2D eigenvalue weighted by Crippen LogP contribution is 2.08. The van der Waals surface area contributed by atoms with Crippen molar-refractivity contribution < 1.29 is 8.78 Å². The first-order chi connectivity index (χ1) is 10.0. The van der Waals surface area contributed by atoms with E-state index in [1.165, 1.54) is 30.9 Å². The first kappa shape index (κ1) is 16.4. The van der Waals surface area contributed by atoms with Gasteiger partial charge in [0.25, 0.3) is 6.08 Å². The molecule has 1 heterocycles. The second-order valence-corrected chi connectivity index (χ2v) is 3.79. The van der Waals surface area contributed by atoms with E-state index >= 15 is 0 Å². The number of aromatic nitrogens is 3. The molecule has 6 nitrogen and oxygen atoms in total. The van der Waals surface area contributed by atoms with Crippen molar-refractivity contribution in [3.8, 4) is 0 Å². The van der Waals surface area contributed by atoms with Crippen LogP contribution >= 0.6 is 0 Å². The van der Waals surface area contributed by atoms with E-state index < -0.39 is 11.8 Å². The Morgan fingerprint density at radius 1 is 1.48 bits per heavy atom. The molecule has 0 saturated carbocycles. The molecule has 0 aliphatic rings. The van der Waals surface area contributed by atoms with Gasteiger partial charge in [-0.2, -0.15) is 13.9 Å². The standard InChI is InChI=1S/C13H15F2N5O/c1-3-11(5-6-17-4-2)19-9-18-20(13(19)21)8-10(7-16)12(14)15/h3-6,9H,1-2,7-8,16H2/b11-5+,17-6-. The van der Waals surface area contributed by atoms with Gasteiger partial charge >= 0.3 is 5.69 Å². The van der Waals surface area contributed by atoms with Crippen LogP contribution in [0.25, 0.3) is 5.70 Å². The molecule has 0 aliphatic carbocycles. The summed E-state index contributed by atoms with van der Waals surface area (Å²) in [6, 6.07) is 0. The van der Waals surface area contributed by atoms with Crippen LogP contribution in [0, 0.1) is 0 Å². The number of hydrogen-bond donors (Lipinski definition) is 1. The van der Waals surface area contributed by atoms with Crippen LogP contribution in [0.2, 0.25) is 0 Å². The van der Waals surface area contributed by atoms with Crippen molar-refractivity contribution in [1.29, 1.82) is 0 Å². The summed E-state index contributed by atoms with van der Waals surface area (Å²) >= 11 is 0. The van der Waals surface area contributed by atoms with Crippen LogP contribution in [-0.2, 0) is 6.54 Å². The summed E-state index contributed by atoms with van der Waals surface area (Å²) in [7, 11) is 0. The number of rotatable bonds is 7. The lowest BCUT2D eigenvalue weighted by Gasteiger charge is -2.02.